The highest BCUT2D eigenvalue weighted by molar-refractivity contribution is 5.45. The minimum Gasteiger partial charge on any atom is -0.497 e. The summed E-state index contributed by atoms with van der Waals surface area (Å²) in [6, 6.07) is 28.4. The molecule has 0 bridgehead atoms. The van der Waals surface area contributed by atoms with E-state index in [1.54, 1.807) is 7.11 Å². The molecule has 4 N–H and O–H groups in total. The molecule has 4 aromatic rings. The van der Waals surface area contributed by atoms with Gasteiger partial charge in [0.15, 0.2) is 0 Å². The van der Waals surface area contributed by atoms with Gasteiger partial charge in [-0.2, -0.15) is 0 Å². The number of nitrogens with one attached hydrogen (secondary N) is 1. The summed E-state index contributed by atoms with van der Waals surface area (Å²) in [5.41, 5.74) is 8.29. The van der Waals surface area contributed by atoms with Gasteiger partial charge in [-0.25, -0.2) is 4.79 Å². The molecular weight excluding hydrogens is 482 g/mol. The van der Waals surface area contributed by atoms with Gasteiger partial charge in [0.2, 0.25) is 0 Å². The summed E-state index contributed by atoms with van der Waals surface area (Å²) in [6.45, 7) is 0. The largest absolute Gasteiger partial charge is 0.497 e. The molecule has 38 heavy (non-hydrogen) atoms. The standard InChI is InChI=1S/C30H31N3O5/c1-37-23-14-12-20(13-15-23)19-30(21-8-4-2-5-9-21,22-10-6-3-7-11-22)28(31)27-24(34)18-26(38-27)33-17-16-25(35)32-29(33)36/h2-17,24,26-28,34H,18-19,31H2,1H3,(H,32,35,36)/t24?,26-,27+,28?/m0/s1. The molecule has 1 aliphatic heterocycles. The predicted molar refractivity (Wildman–Crippen MR) is 144 cm³/mol. The van der Waals surface area contributed by atoms with Crippen LogP contribution in [0.3, 0.4) is 0 Å². The van der Waals surface area contributed by atoms with Crippen LogP contribution in [0.15, 0.2) is 107 Å². The molecule has 1 aliphatic rings. The third-order valence-corrected chi connectivity index (χ3v) is 7.44. The lowest BCUT2D eigenvalue weighted by atomic mass is 9.64. The lowest BCUT2D eigenvalue weighted by Crippen LogP contribution is -2.57. The Morgan fingerprint density at radius 1 is 1.00 bits per heavy atom. The second kappa shape index (κ2) is 10.8. The Labute approximate surface area is 220 Å². The van der Waals surface area contributed by atoms with E-state index in [2.05, 4.69) is 4.98 Å². The fourth-order valence-electron chi connectivity index (χ4n) is 5.52. The monoisotopic (exact) mass is 513 g/mol. The zero-order chi connectivity index (χ0) is 26.7. The topological polar surface area (TPSA) is 120 Å². The molecule has 4 atom stereocenters. The van der Waals surface area contributed by atoms with E-state index in [0.29, 0.717) is 6.42 Å². The molecule has 1 fully saturated rings. The lowest BCUT2D eigenvalue weighted by molar-refractivity contribution is -0.0433. The number of hydrogen-bond acceptors (Lipinski definition) is 6. The molecule has 0 amide bonds. The number of H-pyrrole nitrogens is 1. The molecule has 0 aliphatic carbocycles. The third-order valence-electron chi connectivity index (χ3n) is 7.44. The van der Waals surface area contributed by atoms with Crippen LogP contribution in [-0.2, 0) is 16.6 Å². The number of nitrogens with zero attached hydrogens (tertiary/aromatic N) is 1. The Bertz CT molecular complexity index is 1430. The third kappa shape index (κ3) is 4.81. The molecule has 0 saturated carbocycles. The van der Waals surface area contributed by atoms with Gasteiger partial charge in [-0.1, -0.05) is 72.8 Å². The Kier molecular flexibility index (Phi) is 7.28. The number of aliphatic hydroxyl groups excluding tert-OH is 1. The van der Waals surface area contributed by atoms with E-state index in [1.165, 1.54) is 16.8 Å². The second-order valence-corrected chi connectivity index (χ2v) is 9.63. The molecule has 2 heterocycles. The maximum absolute atomic E-state index is 12.4. The van der Waals surface area contributed by atoms with Gasteiger partial charge in [0.1, 0.15) is 18.1 Å². The van der Waals surface area contributed by atoms with Gasteiger partial charge in [-0.05, 0) is 35.2 Å². The van der Waals surface area contributed by atoms with Crippen LogP contribution < -0.4 is 21.7 Å². The van der Waals surface area contributed by atoms with Crippen LogP contribution in [0, 0.1) is 0 Å². The summed E-state index contributed by atoms with van der Waals surface area (Å²) in [7, 11) is 1.63. The minimum absolute atomic E-state index is 0.159. The minimum atomic E-state index is -0.934. The van der Waals surface area contributed by atoms with Crippen molar-refractivity contribution in [2.45, 2.75) is 42.7 Å². The zero-order valence-electron chi connectivity index (χ0n) is 21.1. The highest BCUT2D eigenvalue weighted by Gasteiger charge is 2.50. The zero-order valence-corrected chi connectivity index (χ0v) is 21.1. The van der Waals surface area contributed by atoms with Gasteiger partial charge in [0, 0.05) is 30.1 Å². The van der Waals surface area contributed by atoms with Crippen molar-refractivity contribution >= 4 is 0 Å². The van der Waals surface area contributed by atoms with Gasteiger partial charge >= 0.3 is 5.69 Å². The van der Waals surface area contributed by atoms with Crippen LogP contribution >= 0.6 is 0 Å². The summed E-state index contributed by atoms with van der Waals surface area (Å²) in [5, 5.41) is 11.2. The quantitative estimate of drug-likeness (QED) is 0.333. The van der Waals surface area contributed by atoms with Crippen molar-refractivity contribution in [1.82, 2.24) is 9.55 Å². The fraction of sp³-hybridized carbons (Fsp3) is 0.267. The molecule has 8 heteroatoms. The summed E-state index contributed by atoms with van der Waals surface area (Å²) in [5.74, 6) is 0.756. The molecule has 8 nitrogen and oxygen atoms in total. The molecule has 1 saturated heterocycles. The maximum atomic E-state index is 12.4. The Morgan fingerprint density at radius 2 is 1.61 bits per heavy atom. The first-order valence-corrected chi connectivity index (χ1v) is 12.6. The molecule has 3 aromatic carbocycles. The van der Waals surface area contributed by atoms with E-state index in [-0.39, 0.29) is 6.42 Å². The number of aliphatic hydroxyl groups is 1. The molecular formula is C30H31N3O5. The molecule has 1 aromatic heterocycles. The Morgan fingerprint density at radius 3 is 2.16 bits per heavy atom. The average molecular weight is 514 g/mol. The number of hydrogen-bond donors (Lipinski definition) is 3. The van der Waals surface area contributed by atoms with Crippen molar-refractivity contribution < 1.29 is 14.6 Å². The van der Waals surface area contributed by atoms with Gasteiger partial charge in [-0.15, -0.1) is 0 Å². The first kappa shape index (κ1) is 25.7. The van der Waals surface area contributed by atoms with Crippen molar-refractivity contribution in [3.05, 3.63) is 135 Å². The highest BCUT2D eigenvalue weighted by atomic mass is 16.5. The number of ether oxygens (including phenoxy) is 2. The van der Waals surface area contributed by atoms with E-state index >= 15 is 0 Å². The van der Waals surface area contributed by atoms with Crippen molar-refractivity contribution in [3.8, 4) is 5.75 Å². The van der Waals surface area contributed by atoms with Gasteiger partial charge in [-0.3, -0.25) is 14.3 Å². The predicted octanol–water partition coefficient (Wildman–Crippen LogP) is 2.75. The smallest absolute Gasteiger partial charge is 0.330 e. The van der Waals surface area contributed by atoms with Gasteiger partial charge < -0.3 is 20.3 Å². The fourth-order valence-corrected chi connectivity index (χ4v) is 5.52. The summed E-state index contributed by atoms with van der Waals surface area (Å²) < 4.78 is 13.0. The van der Waals surface area contributed by atoms with Crippen molar-refractivity contribution in [2.75, 3.05) is 7.11 Å². The number of aromatic amines is 1. The normalized spacial score (nSPS) is 20.2. The van der Waals surface area contributed by atoms with E-state index in [1.807, 2.05) is 84.9 Å². The lowest BCUT2D eigenvalue weighted by Gasteiger charge is -2.43. The van der Waals surface area contributed by atoms with Crippen molar-refractivity contribution in [3.63, 3.8) is 0 Å². The maximum Gasteiger partial charge on any atom is 0.330 e. The molecule has 2 unspecified atom stereocenters. The van der Waals surface area contributed by atoms with E-state index in [9.17, 15) is 14.7 Å². The van der Waals surface area contributed by atoms with Crippen LogP contribution in [0.5, 0.6) is 5.75 Å². The number of aromatic nitrogens is 2. The van der Waals surface area contributed by atoms with E-state index in [0.717, 1.165) is 22.4 Å². The van der Waals surface area contributed by atoms with Crippen LogP contribution in [0.4, 0.5) is 0 Å². The summed E-state index contributed by atoms with van der Waals surface area (Å²) in [6.07, 6.45) is -0.426. The number of rotatable bonds is 8. The van der Waals surface area contributed by atoms with E-state index in [4.69, 9.17) is 15.2 Å². The van der Waals surface area contributed by atoms with Crippen LogP contribution in [0.25, 0.3) is 0 Å². The van der Waals surface area contributed by atoms with Crippen molar-refractivity contribution in [2.24, 2.45) is 5.73 Å². The van der Waals surface area contributed by atoms with E-state index < -0.39 is 41.1 Å². The molecule has 0 spiro atoms. The molecule has 196 valence electrons. The van der Waals surface area contributed by atoms with Gasteiger partial charge in [0.25, 0.3) is 5.56 Å². The second-order valence-electron chi connectivity index (χ2n) is 9.63. The number of nitrogens with two attached hydrogens (primary N) is 1. The Hall–Kier alpha value is -3.98. The Balaban J connectivity index is 1.61. The van der Waals surface area contributed by atoms with Gasteiger partial charge in [0.05, 0.1) is 13.2 Å². The summed E-state index contributed by atoms with van der Waals surface area (Å²) in [4.78, 5) is 26.3. The first-order valence-electron chi connectivity index (χ1n) is 12.6. The molecule has 5 rings (SSSR count). The average Bonchev–Trinajstić information content (AvgIpc) is 3.33. The van der Waals surface area contributed by atoms with Crippen LogP contribution in [0.1, 0.15) is 29.3 Å². The molecule has 0 radical (unpaired) electrons. The highest BCUT2D eigenvalue weighted by Crippen LogP contribution is 2.43. The van der Waals surface area contributed by atoms with Crippen LogP contribution in [0.2, 0.25) is 0 Å². The SMILES string of the molecule is COc1ccc(CC(c2ccccc2)(c2ccccc2)C(N)[C@@H]2O[C@H](n3ccc(=O)[nH]c3=O)CC2O)cc1. The van der Waals surface area contributed by atoms with Crippen LogP contribution in [-0.4, -0.2) is 40.0 Å². The summed E-state index contributed by atoms with van der Waals surface area (Å²) >= 11 is 0. The number of benzene rings is 3. The first-order chi connectivity index (χ1) is 18.4. The number of methoxy groups -OCH3 is 1. The van der Waals surface area contributed by atoms with Crippen molar-refractivity contribution in [1.29, 1.82) is 0 Å².